The Balaban J connectivity index is 1.35. The van der Waals surface area contributed by atoms with E-state index in [9.17, 15) is 4.79 Å². The van der Waals surface area contributed by atoms with Gasteiger partial charge >= 0.3 is 0 Å². The van der Waals surface area contributed by atoms with E-state index in [2.05, 4.69) is 42.3 Å². The molecule has 0 spiro atoms. The van der Waals surface area contributed by atoms with Gasteiger partial charge in [0, 0.05) is 23.5 Å². The normalized spacial score (nSPS) is 10.8. The van der Waals surface area contributed by atoms with Crippen LogP contribution in [0.15, 0.2) is 48.7 Å². The number of aromatic nitrogens is 1. The maximum absolute atomic E-state index is 12.0. The lowest BCUT2D eigenvalue weighted by atomic mass is 10.1. The summed E-state index contributed by atoms with van der Waals surface area (Å²) in [6.07, 6.45) is 4.31. The van der Waals surface area contributed by atoms with E-state index in [0.29, 0.717) is 19.6 Å². The second-order valence-corrected chi connectivity index (χ2v) is 6.73. The Labute approximate surface area is 154 Å². The van der Waals surface area contributed by atoms with Gasteiger partial charge < -0.3 is 15.0 Å². The topological polar surface area (TPSA) is 54.1 Å². The van der Waals surface area contributed by atoms with Crippen LogP contribution in [0.25, 0.3) is 10.9 Å². The number of para-hydroxylation sites is 1. The fourth-order valence-electron chi connectivity index (χ4n) is 3.24. The third-order valence-electron chi connectivity index (χ3n) is 4.41. The number of rotatable bonds is 8. The van der Waals surface area contributed by atoms with Gasteiger partial charge in [-0.05, 0) is 61.6 Å². The molecule has 3 rings (SSSR count). The average Bonchev–Trinajstić information content (AvgIpc) is 3.01. The molecule has 0 atom stereocenters. The second-order valence-electron chi connectivity index (χ2n) is 6.73. The maximum atomic E-state index is 12.0. The minimum absolute atomic E-state index is 0.0777. The van der Waals surface area contributed by atoms with Crippen molar-refractivity contribution in [2.24, 2.45) is 0 Å². The number of benzene rings is 2. The predicted octanol–water partition coefficient (Wildman–Crippen LogP) is 4.30. The van der Waals surface area contributed by atoms with Crippen molar-refractivity contribution in [3.63, 3.8) is 0 Å². The summed E-state index contributed by atoms with van der Waals surface area (Å²) in [4.78, 5) is 15.3. The molecule has 0 bridgehead atoms. The third-order valence-corrected chi connectivity index (χ3v) is 4.41. The van der Waals surface area contributed by atoms with Gasteiger partial charge in [-0.2, -0.15) is 0 Å². The van der Waals surface area contributed by atoms with Gasteiger partial charge in [0.1, 0.15) is 12.4 Å². The number of fused-ring (bicyclic) bond motifs is 1. The lowest BCUT2D eigenvalue weighted by Crippen LogP contribution is -2.27. The molecular weight excluding hydrogens is 324 g/mol. The molecule has 0 fully saturated rings. The number of H-pyrrole nitrogens is 1. The first-order chi connectivity index (χ1) is 12.6. The fraction of sp³-hybridized carbons (Fsp3) is 0.318. The van der Waals surface area contributed by atoms with Gasteiger partial charge in [0.15, 0.2) is 0 Å². The van der Waals surface area contributed by atoms with Crippen LogP contribution in [0, 0.1) is 13.8 Å². The molecule has 136 valence electrons. The van der Waals surface area contributed by atoms with Gasteiger partial charge in [0.25, 0.3) is 0 Å². The van der Waals surface area contributed by atoms with Crippen LogP contribution < -0.4 is 10.1 Å². The van der Waals surface area contributed by atoms with Gasteiger partial charge in [0.2, 0.25) is 5.91 Å². The Morgan fingerprint density at radius 2 is 1.88 bits per heavy atom. The number of aromatic amines is 1. The van der Waals surface area contributed by atoms with Crippen LogP contribution in [0.4, 0.5) is 0 Å². The summed E-state index contributed by atoms with van der Waals surface area (Å²) in [6.45, 7) is 5.11. The fourth-order valence-corrected chi connectivity index (χ4v) is 3.24. The largest absolute Gasteiger partial charge is 0.492 e. The number of ether oxygens (including phenoxy) is 1. The molecule has 0 aliphatic rings. The monoisotopic (exact) mass is 350 g/mol. The van der Waals surface area contributed by atoms with Crippen LogP contribution in [0.2, 0.25) is 0 Å². The first-order valence-corrected chi connectivity index (χ1v) is 9.14. The summed E-state index contributed by atoms with van der Waals surface area (Å²) in [5, 5.41) is 4.17. The van der Waals surface area contributed by atoms with Gasteiger partial charge in [-0.25, -0.2) is 0 Å². The molecule has 0 unspecified atom stereocenters. The number of carbonyl (C=O) groups is 1. The molecule has 4 nitrogen and oxygen atoms in total. The minimum Gasteiger partial charge on any atom is -0.492 e. The average molecular weight is 350 g/mol. The van der Waals surface area contributed by atoms with Crippen molar-refractivity contribution in [1.29, 1.82) is 0 Å². The van der Waals surface area contributed by atoms with E-state index in [0.717, 1.165) is 24.1 Å². The summed E-state index contributed by atoms with van der Waals surface area (Å²) in [5.41, 5.74) is 4.78. The summed E-state index contributed by atoms with van der Waals surface area (Å²) < 4.78 is 5.71. The summed E-state index contributed by atoms with van der Waals surface area (Å²) in [5.74, 6) is 0.935. The van der Waals surface area contributed by atoms with Crippen molar-refractivity contribution in [2.75, 3.05) is 13.2 Å². The molecule has 0 saturated carbocycles. The van der Waals surface area contributed by atoms with Crippen LogP contribution in [-0.2, 0) is 11.2 Å². The lowest BCUT2D eigenvalue weighted by molar-refractivity contribution is -0.121. The van der Waals surface area contributed by atoms with Crippen molar-refractivity contribution in [3.8, 4) is 5.75 Å². The number of carbonyl (C=O) groups excluding carboxylic acids is 1. The van der Waals surface area contributed by atoms with Crippen LogP contribution in [-0.4, -0.2) is 24.0 Å². The van der Waals surface area contributed by atoms with E-state index < -0.39 is 0 Å². The highest BCUT2D eigenvalue weighted by atomic mass is 16.5. The Bertz CT molecular complexity index is 862. The predicted molar refractivity (Wildman–Crippen MR) is 106 cm³/mol. The number of aryl methyl sites for hydroxylation is 3. The molecule has 4 heteroatoms. The Morgan fingerprint density at radius 3 is 2.69 bits per heavy atom. The highest BCUT2D eigenvalue weighted by Gasteiger charge is 2.05. The molecule has 1 heterocycles. The highest BCUT2D eigenvalue weighted by molar-refractivity contribution is 5.83. The first kappa shape index (κ1) is 18.1. The van der Waals surface area contributed by atoms with Crippen molar-refractivity contribution < 1.29 is 9.53 Å². The van der Waals surface area contributed by atoms with Crippen LogP contribution >= 0.6 is 0 Å². The van der Waals surface area contributed by atoms with Crippen LogP contribution in [0.1, 0.15) is 29.5 Å². The Morgan fingerprint density at radius 1 is 1.12 bits per heavy atom. The van der Waals surface area contributed by atoms with Crippen molar-refractivity contribution >= 4 is 16.8 Å². The second kappa shape index (κ2) is 8.56. The van der Waals surface area contributed by atoms with E-state index in [4.69, 9.17) is 4.74 Å². The number of nitrogens with one attached hydrogen (secondary N) is 2. The van der Waals surface area contributed by atoms with Gasteiger partial charge in [0.05, 0.1) is 6.54 Å². The van der Waals surface area contributed by atoms with Crippen molar-refractivity contribution in [2.45, 2.75) is 33.1 Å². The zero-order chi connectivity index (χ0) is 18.4. The smallest absolute Gasteiger partial charge is 0.220 e. The molecule has 0 aliphatic carbocycles. The summed E-state index contributed by atoms with van der Waals surface area (Å²) >= 11 is 0. The molecule has 2 N–H and O–H groups in total. The van der Waals surface area contributed by atoms with E-state index in [1.54, 1.807) is 0 Å². The summed E-state index contributed by atoms with van der Waals surface area (Å²) in [7, 11) is 0. The van der Waals surface area contributed by atoms with E-state index in [1.165, 1.54) is 22.1 Å². The third kappa shape index (κ3) is 4.88. The minimum atomic E-state index is 0.0777. The van der Waals surface area contributed by atoms with E-state index in [-0.39, 0.29) is 5.91 Å². The number of hydrogen-bond donors (Lipinski definition) is 2. The molecule has 1 amide bonds. The van der Waals surface area contributed by atoms with E-state index >= 15 is 0 Å². The maximum Gasteiger partial charge on any atom is 0.220 e. The highest BCUT2D eigenvalue weighted by Crippen LogP contribution is 2.19. The summed E-state index contributed by atoms with van der Waals surface area (Å²) in [6, 6.07) is 14.4. The molecular formula is C22H26N2O2. The molecule has 2 aromatic carbocycles. The quantitative estimate of drug-likeness (QED) is 0.595. The molecule has 0 saturated heterocycles. The zero-order valence-corrected chi connectivity index (χ0v) is 15.5. The Kier molecular flexibility index (Phi) is 5.95. The zero-order valence-electron chi connectivity index (χ0n) is 15.5. The van der Waals surface area contributed by atoms with Crippen molar-refractivity contribution in [1.82, 2.24) is 10.3 Å². The molecule has 0 radical (unpaired) electrons. The van der Waals surface area contributed by atoms with Gasteiger partial charge in [-0.15, -0.1) is 0 Å². The molecule has 1 aromatic heterocycles. The molecule has 0 aliphatic heterocycles. The standard InChI is InChI=1S/C22H26N2O2/c1-16-12-17(2)14-19(13-16)26-11-10-23-22(25)9-5-6-18-15-24-21-8-4-3-7-20(18)21/h3-4,7-8,12-15,24H,5-6,9-11H2,1-2H3,(H,23,25). The molecule has 26 heavy (non-hydrogen) atoms. The Hall–Kier alpha value is -2.75. The van der Waals surface area contributed by atoms with Crippen LogP contribution in [0.3, 0.4) is 0 Å². The number of hydrogen-bond acceptors (Lipinski definition) is 2. The first-order valence-electron chi connectivity index (χ1n) is 9.14. The number of amides is 1. The van der Waals surface area contributed by atoms with Crippen LogP contribution in [0.5, 0.6) is 5.75 Å². The van der Waals surface area contributed by atoms with Gasteiger partial charge in [-0.1, -0.05) is 24.3 Å². The SMILES string of the molecule is Cc1cc(C)cc(OCCNC(=O)CCCc2c[nH]c3ccccc23)c1. The van der Waals surface area contributed by atoms with E-state index in [1.807, 2.05) is 30.5 Å². The van der Waals surface area contributed by atoms with Gasteiger partial charge in [-0.3, -0.25) is 4.79 Å². The molecule has 3 aromatic rings. The lowest BCUT2D eigenvalue weighted by Gasteiger charge is -2.09. The van der Waals surface area contributed by atoms with Crippen molar-refractivity contribution in [3.05, 3.63) is 65.4 Å².